The van der Waals surface area contributed by atoms with Crippen molar-refractivity contribution in [2.75, 3.05) is 0 Å². The molecule has 0 aromatic heterocycles. The van der Waals surface area contributed by atoms with Crippen LogP contribution >= 0.6 is 75.0 Å². The van der Waals surface area contributed by atoms with Gasteiger partial charge in [-0.2, -0.15) is 0 Å². The van der Waals surface area contributed by atoms with E-state index in [1.165, 1.54) is 0 Å². The van der Waals surface area contributed by atoms with E-state index in [0.717, 1.165) is 0 Å². The fourth-order valence-electron chi connectivity index (χ4n) is 0. The molecular formula is C2H8S6Si. The van der Waals surface area contributed by atoms with Crippen molar-refractivity contribution < 1.29 is 0 Å². The van der Waals surface area contributed by atoms with E-state index in [9.17, 15) is 0 Å². The fraction of sp³-hybridized carbons (Fsp3) is 0. The summed E-state index contributed by atoms with van der Waals surface area (Å²) < 4.78 is 0.778. The van der Waals surface area contributed by atoms with E-state index in [1.54, 1.807) is 0 Å². The molecule has 0 heterocycles. The summed E-state index contributed by atoms with van der Waals surface area (Å²) in [6.07, 6.45) is 0. The number of rotatable bonds is 0. The third-order valence-electron chi connectivity index (χ3n) is 0. The van der Waals surface area contributed by atoms with E-state index in [2.05, 4.69) is 75.0 Å². The Morgan fingerprint density at radius 2 is 0.778 bits per heavy atom. The molecule has 0 nitrogen and oxygen atoms in total. The van der Waals surface area contributed by atoms with Gasteiger partial charge in [0, 0.05) is 0 Å². The van der Waals surface area contributed by atoms with Crippen molar-refractivity contribution in [3.8, 4) is 0 Å². The highest BCUT2D eigenvalue weighted by molar-refractivity contribution is 8.35. The molecule has 0 unspecified atom stereocenters. The maximum atomic E-state index is 4.27. The minimum absolute atomic E-state index is 0. The summed E-state index contributed by atoms with van der Waals surface area (Å²) in [7, 11) is 0. The van der Waals surface area contributed by atoms with Crippen molar-refractivity contribution in [3.63, 3.8) is 0 Å². The molecule has 0 rings (SSSR count). The number of thiocarbonyl (C=S) groups is 2. The van der Waals surface area contributed by atoms with Crippen molar-refractivity contribution in [2.24, 2.45) is 0 Å². The maximum absolute atomic E-state index is 4.27. The zero-order valence-corrected chi connectivity index (χ0v) is 8.82. The minimum atomic E-state index is 0. The van der Waals surface area contributed by atoms with Crippen LogP contribution in [0.4, 0.5) is 0 Å². The molecule has 0 aliphatic heterocycles. The topological polar surface area (TPSA) is 0 Å². The monoisotopic (exact) mass is 252 g/mol. The van der Waals surface area contributed by atoms with Crippen molar-refractivity contribution in [2.45, 2.75) is 0 Å². The summed E-state index contributed by atoms with van der Waals surface area (Å²) in [5, 5.41) is 0. The highest BCUT2D eigenvalue weighted by Crippen LogP contribution is 1.84. The lowest BCUT2D eigenvalue weighted by molar-refractivity contribution is 4.26. The molecule has 9 heavy (non-hydrogen) atoms. The van der Waals surface area contributed by atoms with Gasteiger partial charge in [-0.05, 0) is 11.0 Å². The lowest BCUT2D eigenvalue weighted by Crippen LogP contribution is -1.46. The Balaban J connectivity index is -0.0000000720. The molecule has 0 aromatic rings. The van der Waals surface area contributed by atoms with Gasteiger partial charge in [0.15, 0.2) is 0 Å². The first-order valence-corrected chi connectivity index (χ1v) is 3.91. The minimum Gasteiger partial charge on any atom is -0.125 e. The highest BCUT2D eigenvalue weighted by atomic mass is 32.2. The van der Waals surface area contributed by atoms with Gasteiger partial charge in [0.2, 0.25) is 0 Å². The average molecular weight is 253 g/mol. The normalized spacial score (nSPS) is 5.78. The Morgan fingerprint density at radius 3 is 0.778 bits per heavy atom. The Labute approximate surface area is 92.2 Å². The molecule has 0 aliphatic rings. The van der Waals surface area contributed by atoms with Gasteiger partial charge >= 0.3 is 0 Å². The van der Waals surface area contributed by atoms with E-state index < -0.39 is 0 Å². The number of hydrogen-bond donors (Lipinski definition) is 4. The summed E-state index contributed by atoms with van der Waals surface area (Å²) in [6.45, 7) is 0. The van der Waals surface area contributed by atoms with Crippen molar-refractivity contribution in [3.05, 3.63) is 0 Å². The van der Waals surface area contributed by atoms with E-state index in [0.29, 0.717) is 7.06 Å². The van der Waals surface area contributed by atoms with Crippen LogP contribution in [0.3, 0.4) is 0 Å². The second kappa shape index (κ2) is 12.5. The predicted octanol–water partition coefficient (Wildman–Crippen LogP) is 0.810. The van der Waals surface area contributed by atoms with Crippen molar-refractivity contribution in [1.29, 1.82) is 0 Å². The van der Waals surface area contributed by atoms with Crippen LogP contribution in [0, 0.1) is 0 Å². The standard InChI is InChI=1S/2CH2S3.H4Si/c2*2-1(3)4;/h2*(H2,2,3,4);1H4. The van der Waals surface area contributed by atoms with Crippen LogP contribution < -0.4 is 0 Å². The lowest BCUT2D eigenvalue weighted by atomic mass is 11.9. The van der Waals surface area contributed by atoms with Crippen LogP contribution in [0.2, 0.25) is 0 Å². The molecule has 0 saturated heterocycles. The van der Waals surface area contributed by atoms with Crippen LogP contribution in [0.1, 0.15) is 0 Å². The Bertz CT molecular complexity index is 69.1. The van der Waals surface area contributed by atoms with Crippen LogP contribution in [0.15, 0.2) is 0 Å². The third kappa shape index (κ3) is 184. The smallest absolute Gasteiger partial charge is 0.0976 e. The summed E-state index contributed by atoms with van der Waals surface area (Å²) in [5.41, 5.74) is 0. The number of hydrogen-bond acceptors (Lipinski definition) is 2. The van der Waals surface area contributed by atoms with Crippen LogP contribution in [-0.4, -0.2) is 18.0 Å². The van der Waals surface area contributed by atoms with E-state index >= 15 is 0 Å². The van der Waals surface area contributed by atoms with Gasteiger partial charge in [-0.1, -0.05) is 24.4 Å². The lowest BCUT2D eigenvalue weighted by Gasteiger charge is -1.59. The van der Waals surface area contributed by atoms with Gasteiger partial charge in [-0.15, -0.1) is 50.5 Å². The van der Waals surface area contributed by atoms with Crippen LogP contribution in [0.5, 0.6) is 0 Å². The van der Waals surface area contributed by atoms with Crippen molar-refractivity contribution in [1.82, 2.24) is 0 Å². The Morgan fingerprint density at radius 1 is 0.778 bits per heavy atom. The first-order valence-electron chi connectivity index (χ1n) is 1.30. The molecule has 0 atom stereocenters. The van der Waals surface area contributed by atoms with E-state index in [-0.39, 0.29) is 11.0 Å². The van der Waals surface area contributed by atoms with E-state index in [1.807, 2.05) is 0 Å². The molecule has 0 radical (unpaired) electrons. The second-order valence-electron chi connectivity index (χ2n) is 0.565. The Kier molecular flexibility index (Phi) is 23.6. The molecular weight excluding hydrogens is 245 g/mol. The summed E-state index contributed by atoms with van der Waals surface area (Å²) in [6, 6.07) is 0. The molecule has 0 saturated carbocycles. The molecule has 7 heteroatoms. The van der Waals surface area contributed by atoms with Crippen molar-refractivity contribution >= 4 is 93.0 Å². The van der Waals surface area contributed by atoms with E-state index in [4.69, 9.17) is 0 Å². The molecule has 0 N–H and O–H groups in total. The molecule has 0 fully saturated rings. The van der Waals surface area contributed by atoms with Crippen LogP contribution in [-0.2, 0) is 0 Å². The quantitative estimate of drug-likeness (QED) is 0.286. The largest absolute Gasteiger partial charge is 0.125 e. The molecule has 0 aromatic carbocycles. The average Bonchev–Trinajstić information content (AvgIpc) is 1.25. The molecule has 0 aliphatic carbocycles. The van der Waals surface area contributed by atoms with Gasteiger partial charge in [-0.25, -0.2) is 0 Å². The Hall–Kier alpha value is 1.80. The van der Waals surface area contributed by atoms with Gasteiger partial charge in [0.05, 0.1) is 7.06 Å². The SMILES string of the molecule is S=C(S)S.S=C(S)S.[SiH4]. The molecule has 0 spiro atoms. The van der Waals surface area contributed by atoms with Crippen LogP contribution in [0.25, 0.3) is 0 Å². The maximum Gasteiger partial charge on any atom is 0.0976 e. The van der Waals surface area contributed by atoms with Gasteiger partial charge < -0.3 is 0 Å². The molecule has 56 valence electrons. The molecule has 0 amide bonds. The van der Waals surface area contributed by atoms with Gasteiger partial charge in [-0.3, -0.25) is 0 Å². The third-order valence-corrected chi connectivity index (χ3v) is 0. The summed E-state index contributed by atoms with van der Waals surface area (Å²) >= 11 is 22.8. The number of thiol groups is 4. The predicted molar refractivity (Wildman–Crippen MR) is 72.5 cm³/mol. The first kappa shape index (κ1) is 17.0. The summed E-state index contributed by atoms with van der Waals surface area (Å²) in [5.74, 6) is 0. The fourth-order valence-corrected chi connectivity index (χ4v) is 0. The second-order valence-corrected chi connectivity index (χ2v) is 5.09. The van der Waals surface area contributed by atoms with Gasteiger partial charge in [0.25, 0.3) is 0 Å². The first-order chi connectivity index (χ1) is 3.46. The molecule has 0 bridgehead atoms. The highest BCUT2D eigenvalue weighted by Gasteiger charge is 1.58. The summed E-state index contributed by atoms with van der Waals surface area (Å²) in [4.78, 5) is 0. The zero-order chi connectivity index (χ0) is 7.15. The zero-order valence-electron chi connectivity index (χ0n) is 3.61. The van der Waals surface area contributed by atoms with Gasteiger partial charge in [0.1, 0.15) is 0 Å².